The number of benzene rings is 1. The summed E-state index contributed by atoms with van der Waals surface area (Å²) in [6.45, 7) is 2.12. The highest BCUT2D eigenvalue weighted by Gasteiger charge is 2.21. The molecule has 0 fully saturated rings. The number of hydrogen-bond donors (Lipinski definition) is 1. The summed E-state index contributed by atoms with van der Waals surface area (Å²) in [6, 6.07) is 10.2. The molecule has 0 aliphatic rings. The lowest BCUT2D eigenvalue weighted by Gasteiger charge is -2.22. The Morgan fingerprint density at radius 2 is 2.11 bits per heavy atom. The molecule has 1 nitrogen and oxygen atoms in total. The molecular weight excluding hydrogens is 282 g/mol. The zero-order chi connectivity index (χ0) is 13.0. The van der Waals surface area contributed by atoms with Crippen molar-refractivity contribution < 1.29 is 0 Å². The van der Waals surface area contributed by atoms with Crippen LogP contribution in [0.25, 0.3) is 0 Å². The lowest BCUT2D eigenvalue weighted by Crippen LogP contribution is -2.25. The highest BCUT2D eigenvalue weighted by Crippen LogP contribution is 2.41. The van der Waals surface area contributed by atoms with Crippen molar-refractivity contribution in [3.63, 3.8) is 0 Å². The van der Waals surface area contributed by atoms with E-state index >= 15 is 0 Å². The third-order valence-corrected chi connectivity index (χ3v) is 5.45. The van der Waals surface area contributed by atoms with Crippen LogP contribution < -0.4 is 5.73 Å². The molecule has 0 aliphatic heterocycles. The predicted octanol–water partition coefficient (Wildman–Crippen LogP) is 4.97. The van der Waals surface area contributed by atoms with Crippen molar-refractivity contribution in [1.82, 2.24) is 0 Å². The van der Waals surface area contributed by atoms with Gasteiger partial charge in [0.1, 0.15) is 0 Å². The van der Waals surface area contributed by atoms with E-state index in [1.165, 1.54) is 5.56 Å². The molecule has 1 aromatic heterocycles. The van der Waals surface area contributed by atoms with Crippen LogP contribution in [-0.2, 0) is 0 Å². The van der Waals surface area contributed by atoms with E-state index in [0.29, 0.717) is 0 Å². The van der Waals surface area contributed by atoms with Crippen molar-refractivity contribution in [1.29, 1.82) is 0 Å². The third-order valence-electron chi connectivity index (χ3n) is 2.82. The van der Waals surface area contributed by atoms with Crippen LogP contribution in [0.2, 0.25) is 5.02 Å². The molecule has 18 heavy (non-hydrogen) atoms. The van der Waals surface area contributed by atoms with Crippen molar-refractivity contribution in [3.05, 3.63) is 51.7 Å². The summed E-state index contributed by atoms with van der Waals surface area (Å²) in [7, 11) is 0. The van der Waals surface area contributed by atoms with E-state index in [1.54, 1.807) is 23.1 Å². The van der Waals surface area contributed by atoms with E-state index in [1.807, 2.05) is 18.2 Å². The van der Waals surface area contributed by atoms with Crippen molar-refractivity contribution >= 4 is 34.7 Å². The molecule has 0 saturated heterocycles. The Labute approximate surface area is 121 Å². The average Bonchev–Trinajstić information content (AvgIpc) is 2.90. The summed E-state index contributed by atoms with van der Waals surface area (Å²) in [6.07, 6.45) is 0.956. The Morgan fingerprint density at radius 3 is 2.72 bits per heavy atom. The topological polar surface area (TPSA) is 26.0 Å². The third kappa shape index (κ3) is 3.29. The predicted molar refractivity (Wildman–Crippen MR) is 82.6 cm³/mol. The molecule has 1 aromatic carbocycles. The van der Waals surface area contributed by atoms with Crippen LogP contribution in [0.3, 0.4) is 0 Å². The summed E-state index contributed by atoms with van der Waals surface area (Å²) in [5, 5.41) is 5.33. The Kier molecular flexibility index (Phi) is 5.13. The van der Waals surface area contributed by atoms with E-state index < -0.39 is 0 Å². The molecule has 2 unspecified atom stereocenters. The fourth-order valence-corrected chi connectivity index (χ4v) is 4.04. The molecule has 0 aliphatic carbocycles. The molecule has 0 amide bonds. The molecular formula is C14H16ClNS2. The molecule has 2 atom stereocenters. The first-order chi connectivity index (χ1) is 8.72. The second-order valence-corrected chi connectivity index (χ2v) is 6.47. The van der Waals surface area contributed by atoms with Gasteiger partial charge >= 0.3 is 0 Å². The molecule has 2 aromatic rings. The maximum Gasteiger partial charge on any atom is 0.0542 e. The molecule has 96 valence electrons. The molecule has 4 heteroatoms. The van der Waals surface area contributed by atoms with Crippen molar-refractivity contribution in [2.45, 2.75) is 29.5 Å². The Balaban J connectivity index is 2.24. The fraction of sp³-hybridized carbons (Fsp3) is 0.286. The highest BCUT2D eigenvalue weighted by atomic mass is 35.5. The monoisotopic (exact) mass is 297 g/mol. The van der Waals surface area contributed by atoms with E-state index in [9.17, 15) is 0 Å². The van der Waals surface area contributed by atoms with Crippen LogP contribution >= 0.6 is 34.7 Å². The lowest BCUT2D eigenvalue weighted by molar-refractivity contribution is 0.635. The largest absolute Gasteiger partial charge is 0.326 e. The molecule has 0 bridgehead atoms. The van der Waals surface area contributed by atoms with Gasteiger partial charge in [0.15, 0.2) is 0 Å². The molecule has 0 spiro atoms. The summed E-state index contributed by atoms with van der Waals surface area (Å²) in [5.41, 5.74) is 7.54. The fourth-order valence-electron chi connectivity index (χ4n) is 1.73. The first-order valence-electron chi connectivity index (χ1n) is 5.91. The number of thiophene rings is 1. The smallest absolute Gasteiger partial charge is 0.0542 e. The van der Waals surface area contributed by atoms with Crippen molar-refractivity contribution in [2.75, 3.05) is 0 Å². The van der Waals surface area contributed by atoms with Gasteiger partial charge in [-0.2, -0.15) is 11.3 Å². The maximum absolute atomic E-state index is 6.25. The molecule has 0 saturated carbocycles. The molecule has 2 N–H and O–H groups in total. The molecule has 1 heterocycles. The van der Waals surface area contributed by atoms with Gasteiger partial charge in [0.05, 0.1) is 10.3 Å². The second-order valence-electron chi connectivity index (χ2n) is 4.10. The number of rotatable bonds is 5. The number of nitrogens with two attached hydrogens (primary N) is 1. The van der Waals surface area contributed by atoms with Gasteiger partial charge in [0.2, 0.25) is 0 Å². The van der Waals surface area contributed by atoms with Crippen molar-refractivity contribution in [2.24, 2.45) is 5.73 Å². The standard InChI is InChI=1S/C14H16ClNS2/c1-2-12(16)14(10-7-8-17-9-10)18-13-6-4-3-5-11(13)15/h3-9,12,14H,2,16H2,1H3. The zero-order valence-electron chi connectivity index (χ0n) is 10.2. The van der Waals surface area contributed by atoms with Crippen LogP contribution in [-0.4, -0.2) is 6.04 Å². The molecule has 0 radical (unpaired) electrons. The second kappa shape index (κ2) is 6.62. The quantitative estimate of drug-likeness (QED) is 0.788. The summed E-state index contributed by atoms with van der Waals surface area (Å²) < 4.78 is 0. The summed E-state index contributed by atoms with van der Waals surface area (Å²) in [5.74, 6) is 0. The van der Waals surface area contributed by atoms with Crippen molar-refractivity contribution in [3.8, 4) is 0 Å². The van der Waals surface area contributed by atoms with E-state index in [4.69, 9.17) is 17.3 Å². The molecule has 2 rings (SSSR count). The number of halogens is 1. The normalized spacial score (nSPS) is 14.4. The van der Waals surface area contributed by atoms with Crippen LogP contribution in [0, 0.1) is 0 Å². The SMILES string of the molecule is CCC(N)C(Sc1ccccc1Cl)c1ccsc1. The minimum atomic E-state index is 0.140. The van der Waals surface area contributed by atoms with E-state index in [2.05, 4.69) is 29.8 Å². The van der Waals surface area contributed by atoms with Gasteiger partial charge in [-0.05, 0) is 40.9 Å². The van der Waals surface area contributed by atoms with Crippen LogP contribution in [0.15, 0.2) is 46.0 Å². The Morgan fingerprint density at radius 1 is 1.33 bits per heavy atom. The van der Waals surface area contributed by atoms with Crippen LogP contribution in [0.5, 0.6) is 0 Å². The highest BCUT2D eigenvalue weighted by molar-refractivity contribution is 7.99. The van der Waals surface area contributed by atoms with Crippen LogP contribution in [0.1, 0.15) is 24.2 Å². The van der Waals surface area contributed by atoms with Crippen LogP contribution in [0.4, 0.5) is 0 Å². The Hall–Kier alpha value is -0.480. The average molecular weight is 298 g/mol. The lowest BCUT2D eigenvalue weighted by atomic mass is 10.1. The number of thioether (sulfide) groups is 1. The van der Waals surface area contributed by atoms with Gasteiger partial charge in [-0.3, -0.25) is 0 Å². The van der Waals surface area contributed by atoms with E-state index in [-0.39, 0.29) is 11.3 Å². The van der Waals surface area contributed by atoms with Gasteiger partial charge in [-0.25, -0.2) is 0 Å². The van der Waals surface area contributed by atoms with Gasteiger partial charge < -0.3 is 5.73 Å². The van der Waals surface area contributed by atoms with Gasteiger partial charge in [-0.15, -0.1) is 11.8 Å². The maximum atomic E-state index is 6.25. The van der Waals surface area contributed by atoms with Gasteiger partial charge in [-0.1, -0.05) is 30.7 Å². The Bertz CT molecular complexity index is 484. The first-order valence-corrected chi connectivity index (χ1v) is 8.11. The summed E-state index contributed by atoms with van der Waals surface area (Å²) in [4.78, 5) is 1.10. The number of hydrogen-bond acceptors (Lipinski definition) is 3. The van der Waals surface area contributed by atoms with Gasteiger partial charge in [0.25, 0.3) is 0 Å². The van der Waals surface area contributed by atoms with Gasteiger partial charge in [0, 0.05) is 10.9 Å². The minimum Gasteiger partial charge on any atom is -0.326 e. The zero-order valence-corrected chi connectivity index (χ0v) is 12.6. The summed E-state index contributed by atoms with van der Waals surface area (Å²) >= 11 is 9.68. The van der Waals surface area contributed by atoms with E-state index in [0.717, 1.165) is 16.3 Å². The minimum absolute atomic E-state index is 0.140. The first kappa shape index (κ1) is 13.9.